The van der Waals surface area contributed by atoms with Crippen molar-refractivity contribution in [2.24, 2.45) is 11.7 Å². The van der Waals surface area contributed by atoms with E-state index < -0.39 is 0 Å². The molecule has 1 saturated carbocycles. The van der Waals surface area contributed by atoms with E-state index in [0.29, 0.717) is 24.1 Å². The first-order valence-electron chi connectivity index (χ1n) is 7.45. The van der Waals surface area contributed by atoms with E-state index >= 15 is 0 Å². The lowest BCUT2D eigenvalue weighted by Gasteiger charge is -2.40. The van der Waals surface area contributed by atoms with E-state index in [0.717, 1.165) is 12.8 Å². The van der Waals surface area contributed by atoms with Crippen LogP contribution < -0.4 is 5.73 Å². The van der Waals surface area contributed by atoms with E-state index in [-0.39, 0.29) is 17.6 Å². The average molecular weight is 280 g/mol. The summed E-state index contributed by atoms with van der Waals surface area (Å²) >= 11 is 0. The zero-order valence-electron chi connectivity index (χ0n) is 12.3. The number of hydrogen-bond acceptors (Lipinski definition) is 3. The first-order valence-corrected chi connectivity index (χ1v) is 7.45. The Kier molecular flexibility index (Phi) is 5.00. The highest BCUT2D eigenvalue weighted by molar-refractivity contribution is 5.29. The highest BCUT2D eigenvalue weighted by atomic mass is 19.1. The van der Waals surface area contributed by atoms with Gasteiger partial charge in [-0.3, -0.25) is 4.90 Å². The van der Waals surface area contributed by atoms with Gasteiger partial charge in [0.25, 0.3) is 0 Å². The van der Waals surface area contributed by atoms with E-state index in [9.17, 15) is 9.50 Å². The van der Waals surface area contributed by atoms with Crippen molar-refractivity contribution in [2.75, 3.05) is 13.6 Å². The summed E-state index contributed by atoms with van der Waals surface area (Å²) in [6.45, 7) is 2.71. The molecule has 0 amide bonds. The second kappa shape index (κ2) is 6.55. The third kappa shape index (κ3) is 3.13. The molecule has 4 heteroatoms. The second-order valence-electron chi connectivity index (χ2n) is 5.89. The molecule has 1 aliphatic rings. The van der Waals surface area contributed by atoms with Gasteiger partial charge in [-0.2, -0.15) is 0 Å². The van der Waals surface area contributed by atoms with Gasteiger partial charge in [-0.1, -0.05) is 18.9 Å². The summed E-state index contributed by atoms with van der Waals surface area (Å²) in [4.78, 5) is 2.24. The zero-order valence-corrected chi connectivity index (χ0v) is 12.3. The summed E-state index contributed by atoms with van der Waals surface area (Å²) in [5, 5.41) is 9.32. The molecular formula is C16H25FN2O. The average Bonchev–Trinajstić information content (AvgIpc) is 2.45. The highest BCUT2D eigenvalue weighted by Crippen LogP contribution is 2.33. The second-order valence-corrected chi connectivity index (χ2v) is 5.89. The molecular weight excluding hydrogens is 255 g/mol. The van der Waals surface area contributed by atoms with Crippen LogP contribution >= 0.6 is 0 Å². The van der Waals surface area contributed by atoms with Gasteiger partial charge in [0.1, 0.15) is 11.6 Å². The highest BCUT2D eigenvalue weighted by Gasteiger charge is 2.30. The predicted molar refractivity (Wildman–Crippen MR) is 79.0 cm³/mol. The summed E-state index contributed by atoms with van der Waals surface area (Å²) in [7, 11) is 2.05. The number of rotatable bonds is 4. The molecule has 0 spiro atoms. The summed E-state index contributed by atoms with van der Waals surface area (Å²) < 4.78 is 14.0. The van der Waals surface area contributed by atoms with Gasteiger partial charge in [0.05, 0.1) is 0 Å². The molecule has 1 aliphatic carbocycles. The molecule has 1 aromatic carbocycles. The van der Waals surface area contributed by atoms with Gasteiger partial charge in [-0.05, 0) is 45.3 Å². The van der Waals surface area contributed by atoms with Crippen LogP contribution in [-0.4, -0.2) is 29.6 Å². The van der Waals surface area contributed by atoms with Crippen LogP contribution in [0, 0.1) is 11.7 Å². The molecule has 3 unspecified atom stereocenters. The monoisotopic (exact) mass is 280 g/mol. The lowest BCUT2D eigenvalue weighted by molar-refractivity contribution is 0.0974. The fraction of sp³-hybridized carbons (Fsp3) is 0.625. The van der Waals surface area contributed by atoms with Crippen molar-refractivity contribution < 1.29 is 9.50 Å². The van der Waals surface area contributed by atoms with Crippen molar-refractivity contribution in [3.8, 4) is 5.75 Å². The Morgan fingerprint density at radius 3 is 2.75 bits per heavy atom. The van der Waals surface area contributed by atoms with Crippen molar-refractivity contribution in [3.63, 3.8) is 0 Å². The van der Waals surface area contributed by atoms with Crippen LogP contribution in [0.15, 0.2) is 18.2 Å². The molecule has 3 N–H and O–H groups in total. The molecule has 0 bridgehead atoms. The Labute approximate surface area is 120 Å². The molecule has 3 nitrogen and oxygen atoms in total. The summed E-state index contributed by atoms with van der Waals surface area (Å²) in [6.07, 6.45) is 4.75. The lowest BCUT2D eigenvalue weighted by Crippen LogP contribution is -2.44. The Bertz CT molecular complexity index is 452. The van der Waals surface area contributed by atoms with Gasteiger partial charge >= 0.3 is 0 Å². The van der Waals surface area contributed by atoms with Crippen LogP contribution in [0.25, 0.3) is 0 Å². The maximum atomic E-state index is 14.0. The summed E-state index contributed by atoms with van der Waals surface area (Å²) in [6, 6.07) is 4.79. The number of nitrogens with two attached hydrogens (primary N) is 1. The van der Waals surface area contributed by atoms with Crippen molar-refractivity contribution in [1.82, 2.24) is 4.90 Å². The minimum absolute atomic E-state index is 0.0206. The van der Waals surface area contributed by atoms with Gasteiger partial charge in [-0.15, -0.1) is 0 Å². The van der Waals surface area contributed by atoms with Crippen LogP contribution in [0.4, 0.5) is 4.39 Å². The van der Waals surface area contributed by atoms with E-state index in [1.165, 1.54) is 18.9 Å². The number of hydrogen-bond donors (Lipinski definition) is 2. The molecule has 0 radical (unpaired) electrons. The molecule has 0 aromatic heterocycles. The van der Waals surface area contributed by atoms with Crippen molar-refractivity contribution >= 4 is 0 Å². The molecule has 112 valence electrons. The molecule has 0 heterocycles. The minimum atomic E-state index is -0.343. The van der Waals surface area contributed by atoms with E-state index in [2.05, 4.69) is 11.9 Å². The standard InChI is InChI=1S/C16H25FN2O/c1-11(14-8-7-13(20)9-15(14)17)19(2)16-6-4-3-5-12(16)10-18/h7-9,11-12,16,20H,3-6,10,18H2,1-2H3. The largest absolute Gasteiger partial charge is 0.508 e. The lowest BCUT2D eigenvalue weighted by atomic mass is 9.83. The third-order valence-electron chi connectivity index (χ3n) is 4.74. The Morgan fingerprint density at radius 2 is 2.10 bits per heavy atom. The molecule has 20 heavy (non-hydrogen) atoms. The Balaban J connectivity index is 2.16. The number of nitrogens with zero attached hydrogens (tertiary/aromatic N) is 1. The molecule has 1 fully saturated rings. The fourth-order valence-electron chi connectivity index (χ4n) is 3.36. The maximum Gasteiger partial charge on any atom is 0.131 e. The first-order chi connectivity index (χ1) is 9.54. The number of benzene rings is 1. The Hall–Kier alpha value is -1.13. The van der Waals surface area contributed by atoms with Gasteiger partial charge in [-0.25, -0.2) is 4.39 Å². The van der Waals surface area contributed by atoms with Crippen LogP contribution in [0.2, 0.25) is 0 Å². The third-order valence-corrected chi connectivity index (χ3v) is 4.74. The van der Waals surface area contributed by atoms with Crippen LogP contribution in [0.3, 0.4) is 0 Å². The molecule has 0 saturated heterocycles. The number of phenols is 1. The maximum absolute atomic E-state index is 14.0. The SMILES string of the molecule is CC(c1ccc(O)cc1F)N(C)C1CCCCC1CN. The molecule has 2 rings (SSSR count). The fourth-order valence-corrected chi connectivity index (χ4v) is 3.36. The van der Waals surface area contributed by atoms with Gasteiger partial charge in [0, 0.05) is 23.7 Å². The molecule has 3 atom stereocenters. The van der Waals surface area contributed by atoms with Gasteiger partial charge < -0.3 is 10.8 Å². The topological polar surface area (TPSA) is 49.5 Å². The van der Waals surface area contributed by atoms with E-state index in [4.69, 9.17) is 5.73 Å². The van der Waals surface area contributed by atoms with Crippen molar-refractivity contribution in [2.45, 2.75) is 44.7 Å². The normalized spacial score (nSPS) is 24.9. The predicted octanol–water partition coefficient (Wildman–Crippen LogP) is 3.04. The van der Waals surface area contributed by atoms with Gasteiger partial charge in [0.15, 0.2) is 0 Å². The number of halogens is 1. The van der Waals surface area contributed by atoms with Crippen LogP contribution in [0.5, 0.6) is 5.75 Å². The van der Waals surface area contributed by atoms with Crippen molar-refractivity contribution in [1.29, 1.82) is 0 Å². The number of aromatic hydroxyl groups is 1. The van der Waals surface area contributed by atoms with E-state index in [1.54, 1.807) is 12.1 Å². The van der Waals surface area contributed by atoms with Gasteiger partial charge in [0.2, 0.25) is 0 Å². The Morgan fingerprint density at radius 1 is 1.40 bits per heavy atom. The smallest absolute Gasteiger partial charge is 0.131 e. The summed E-state index contributed by atoms with van der Waals surface area (Å²) in [5.41, 5.74) is 6.52. The zero-order chi connectivity index (χ0) is 14.7. The molecule has 1 aromatic rings. The van der Waals surface area contributed by atoms with Crippen LogP contribution in [0.1, 0.15) is 44.2 Å². The van der Waals surface area contributed by atoms with Crippen LogP contribution in [-0.2, 0) is 0 Å². The molecule has 0 aliphatic heterocycles. The first kappa shape index (κ1) is 15.3. The van der Waals surface area contributed by atoms with E-state index in [1.807, 2.05) is 6.92 Å². The summed E-state index contributed by atoms with van der Waals surface area (Å²) in [5.74, 6) is 0.124. The number of phenolic OH excluding ortho intramolecular Hbond substituents is 1. The van der Waals surface area contributed by atoms with Crippen molar-refractivity contribution in [3.05, 3.63) is 29.6 Å². The minimum Gasteiger partial charge on any atom is -0.508 e. The quantitative estimate of drug-likeness (QED) is 0.891.